The van der Waals surface area contributed by atoms with Crippen LogP contribution in [0.3, 0.4) is 0 Å². The molecule has 0 radical (unpaired) electrons. The van der Waals surface area contributed by atoms with E-state index in [9.17, 15) is 14.4 Å². The molecule has 9 heteroatoms. The van der Waals surface area contributed by atoms with E-state index in [1.807, 2.05) is 20.8 Å². The number of hydrogen-bond acceptors (Lipinski definition) is 6. The number of amides is 3. The highest BCUT2D eigenvalue weighted by molar-refractivity contribution is 7.99. The molecule has 0 heterocycles. The second kappa shape index (κ2) is 15.5. The summed E-state index contributed by atoms with van der Waals surface area (Å²) in [6.07, 6.45) is 4.43. The summed E-state index contributed by atoms with van der Waals surface area (Å²) in [5.41, 5.74) is 5.00. The van der Waals surface area contributed by atoms with Crippen LogP contribution in [0, 0.1) is 0 Å². The van der Waals surface area contributed by atoms with E-state index >= 15 is 0 Å². The molecule has 31 heavy (non-hydrogen) atoms. The summed E-state index contributed by atoms with van der Waals surface area (Å²) in [5, 5.41) is 0. The summed E-state index contributed by atoms with van der Waals surface area (Å²) >= 11 is 1.64. The molecule has 0 bridgehead atoms. The van der Waals surface area contributed by atoms with Gasteiger partial charge in [0.15, 0.2) is 0 Å². The number of thioether (sulfide) groups is 1. The van der Waals surface area contributed by atoms with Gasteiger partial charge in [-0.1, -0.05) is 13.3 Å². The van der Waals surface area contributed by atoms with Gasteiger partial charge in [-0.3, -0.25) is 14.4 Å². The molecule has 0 saturated heterocycles. The third kappa shape index (κ3) is 11.2. The highest BCUT2D eigenvalue weighted by Crippen LogP contribution is 2.21. The molecule has 0 aliphatic carbocycles. The monoisotopic (exact) mass is 461 g/mol. The fraction of sp³-hybridized carbons (Fsp3) is 0.864. The molecule has 0 spiro atoms. The van der Waals surface area contributed by atoms with Gasteiger partial charge in [-0.2, -0.15) is 11.8 Å². The molecule has 3 amide bonds. The lowest BCUT2D eigenvalue weighted by Gasteiger charge is -2.36. The predicted molar refractivity (Wildman–Crippen MR) is 126 cm³/mol. The van der Waals surface area contributed by atoms with E-state index in [0.29, 0.717) is 18.6 Å². The number of carbonyl (C=O) groups excluding carboxylic acids is 3. The first-order valence-electron chi connectivity index (χ1n) is 11.0. The van der Waals surface area contributed by atoms with Gasteiger partial charge in [0.25, 0.3) is 0 Å². The molecule has 8 nitrogen and oxygen atoms in total. The zero-order valence-electron chi connectivity index (χ0n) is 20.4. The zero-order chi connectivity index (χ0) is 24.0. The zero-order valence-corrected chi connectivity index (χ0v) is 21.3. The fourth-order valence-electron chi connectivity index (χ4n) is 3.10. The van der Waals surface area contributed by atoms with Crippen molar-refractivity contribution in [3.8, 4) is 0 Å². The van der Waals surface area contributed by atoms with Gasteiger partial charge in [0, 0.05) is 53.5 Å². The maximum Gasteiger partial charge on any atom is 0.246 e. The predicted octanol–water partition coefficient (Wildman–Crippen LogP) is 2.29. The first-order valence-corrected chi connectivity index (χ1v) is 12.1. The maximum absolute atomic E-state index is 13.4. The number of hydrogen-bond donors (Lipinski definition) is 1. The van der Waals surface area contributed by atoms with Crippen molar-refractivity contribution in [3.05, 3.63) is 0 Å². The Kier molecular flexibility index (Phi) is 14.8. The molecule has 0 aromatic rings. The first-order chi connectivity index (χ1) is 14.5. The maximum atomic E-state index is 13.4. The van der Waals surface area contributed by atoms with E-state index in [4.69, 9.17) is 15.2 Å². The van der Waals surface area contributed by atoms with Crippen molar-refractivity contribution >= 4 is 29.5 Å². The highest BCUT2D eigenvalue weighted by Gasteiger charge is 2.36. The third-order valence-corrected chi connectivity index (χ3v) is 6.53. The number of carbonyl (C=O) groups is 3. The Labute approximate surface area is 192 Å². The molecule has 2 N–H and O–H groups in total. The average Bonchev–Trinajstić information content (AvgIpc) is 2.72. The summed E-state index contributed by atoms with van der Waals surface area (Å²) < 4.78 is 10.5. The van der Waals surface area contributed by atoms with E-state index < -0.39 is 23.6 Å². The van der Waals surface area contributed by atoms with Crippen LogP contribution in [0.15, 0.2) is 0 Å². The van der Waals surface area contributed by atoms with Crippen LogP contribution in [0.1, 0.15) is 59.3 Å². The number of methoxy groups -OCH3 is 2. The average molecular weight is 462 g/mol. The number of ether oxygens (including phenoxy) is 2. The minimum atomic E-state index is -0.821. The second-order valence-electron chi connectivity index (χ2n) is 8.43. The molecule has 0 fully saturated rings. The van der Waals surface area contributed by atoms with Crippen LogP contribution in [-0.4, -0.2) is 91.6 Å². The number of rotatable bonds is 17. The van der Waals surface area contributed by atoms with E-state index in [-0.39, 0.29) is 18.2 Å². The Morgan fingerprint density at radius 3 is 2.19 bits per heavy atom. The minimum Gasteiger partial charge on any atom is -0.385 e. The van der Waals surface area contributed by atoms with Gasteiger partial charge in [-0.05, 0) is 38.9 Å². The molecule has 0 saturated carbocycles. The van der Waals surface area contributed by atoms with Crippen molar-refractivity contribution in [2.45, 2.75) is 77.0 Å². The van der Waals surface area contributed by atoms with Crippen LogP contribution < -0.4 is 5.73 Å². The molecule has 0 rings (SSSR count). The van der Waals surface area contributed by atoms with Gasteiger partial charge >= 0.3 is 0 Å². The summed E-state index contributed by atoms with van der Waals surface area (Å²) in [6, 6.07) is -1.47. The number of nitrogens with two attached hydrogens (primary N) is 1. The van der Waals surface area contributed by atoms with Gasteiger partial charge in [-0.15, -0.1) is 0 Å². The van der Waals surface area contributed by atoms with Crippen molar-refractivity contribution in [1.82, 2.24) is 9.80 Å². The Bertz CT molecular complexity index is 559. The molecule has 0 aliphatic heterocycles. The summed E-state index contributed by atoms with van der Waals surface area (Å²) in [7, 11) is 6.48. The smallest absolute Gasteiger partial charge is 0.246 e. The first kappa shape index (κ1) is 29.7. The number of likely N-dealkylation sites (N-methyl/N-ethyl adjacent to an activating group) is 2. The van der Waals surface area contributed by atoms with Crippen LogP contribution in [-0.2, 0) is 23.9 Å². The Hall–Kier alpha value is -1.32. The Morgan fingerprint density at radius 2 is 1.68 bits per heavy atom. The van der Waals surface area contributed by atoms with E-state index in [2.05, 4.69) is 0 Å². The van der Waals surface area contributed by atoms with Gasteiger partial charge in [0.2, 0.25) is 17.7 Å². The summed E-state index contributed by atoms with van der Waals surface area (Å²) in [6.45, 7) is 6.36. The lowest BCUT2D eigenvalue weighted by Crippen LogP contribution is -2.56. The molecule has 2 atom stereocenters. The van der Waals surface area contributed by atoms with Crippen molar-refractivity contribution in [3.63, 3.8) is 0 Å². The molecule has 0 aromatic carbocycles. The number of nitrogens with zero attached hydrogens (tertiary/aromatic N) is 2. The van der Waals surface area contributed by atoms with E-state index in [0.717, 1.165) is 31.6 Å². The van der Waals surface area contributed by atoms with Crippen molar-refractivity contribution < 1.29 is 23.9 Å². The lowest BCUT2D eigenvalue weighted by atomic mass is 9.97. The molecular formula is C22H43N3O5S. The van der Waals surface area contributed by atoms with E-state index in [1.54, 1.807) is 40.1 Å². The minimum absolute atomic E-state index is 0.0807. The molecule has 0 aromatic heterocycles. The van der Waals surface area contributed by atoms with Gasteiger partial charge in [0.05, 0.1) is 5.60 Å². The molecule has 182 valence electrons. The number of primary amides is 1. The van der Waals surface area contributed by atoms with Gasteiger partial charge < -0.3 is 25.0 Å². The number of unbranched alkanes of at least 4 members (excludes halogenated alkanes) is 2. The molecular weight excluding hydrogens is 418 g/mol. The highest BCUT2D eigenvalue weighted by atomic mass is 32.2. The van der Waals surface area contributed by atoms with Gasteiger partial charge in [0.1, 0.15) is 12.1 Å². The van der Waals surface area contributed by atoms with Crippen LogP contribution in [0.25, 0.3) is 0 Å². The summed E-state index contributed by atoms with van der Waals surface area (Å²) in [5.74, 6) is 0.409. The lowest BCUT2D eigenvalue weighted by molar-refractivity contribution is -0.147. The van der Waals surface area contributed by atoms with Crippen LogP contribution in [0.2, 0.25) is 0 Å². The van der Waals surface area contributed by atoms with E-state index in [1.165, 1.54) is 9.80 Å². The Balaban J connectivity index is 5.30. The fourth-order valence-corrected chi connectivity index (χ4v) is 4.27. The quantitative estimate of drug-likeness (QED) is 0.334. The summed E-state index contributed by atoms with van der Waals surface area (Å²) in [4.78, 5) is 40.9. The van der Waals surface area contributed by atoms with Crippen LogP contribution in [0.4, 0.5) is 0 Å². The van der Waals surface area contributed by atoms with Crippen LogP contribution >= 0.6 is 11.8 Å². The largest absolute Gasteiger partial charge is 0.385 e. The molecule has 0 aliphatic rings. The standard InChI is InChI=1S/C22H43N3O5S/c1-8-12-19(26)24(4)18(16-31-14-11-9-10-13-29-6)21(28)25(5)17(20(23)27)15-22(2,3)30-7/h17-18H,8-16H2,1-7H3,(H2,23,27)/t17-,18+/m0/s1. The van der Waals surface area contributed by atoms with Crippen LogP contribution in [0.5, 0.6) is 0 Å². The Morgan fingerprint density at radius 1 is 1.03 bits per heavy atom. The topological polar surface area (TPSA) is 102 Å². The third-order valence-electron chi connectivity index (χ3n) is 5.40. The SMILES string of the molecule is CCCC(=O)N(C)[C@H](CSCCCCCOC)C(=O)N(C)[C@@H](CC(C)(C)OC)C(N)=O. The second-order valence-corrected chi connectivity index (χ2v) is 9.58. The van der Waals surface area contributed by atoms with Crippen molar-refractivity contribution in [2.24, 2.45) is 5.73 Å². The van der Waals surface area contributed by atoms with Crippen molar-refractivity contribution in [1.29, 1.82) is 0 Å². The van der Waals surface area contributed by atoms with Gasteiger partial charge in [-0.25, -0.2) is 0 Å². The normalized spacial score (nSPS) is 13.5. The van der Waals surface area contributed by atoms with Crippen molar-refractivity contribution in [2.75, 3.05) is 46.4 Å². The molecule has 0 unspecified atom stereocenters.